The number of benzene rings is 2. The Hall–Kier alpha value is -2.95. The molecule has 0 bridgehead atoms. The van der Waals surface area contributed by atoms with Gasteiger partial charge in [0.2, 0.25) is 0 Å². The van der Waals surface area contributed by atoms with E-state index >= 15 is 0 Å². The zero-order valence-electron chi connectivity index (χ0n) is 13.1. The molecule has 3 rings (SSSR count). The second kappa shape index (κ2) is 6.66. The van der Waals surface area contributed by atoms with Crippen molar-refractivity contribution in [2.75, 3.05) is 7.05 Å². The molecule has 0 aliphatic carbocycles. The second-order valence-electron chi connectivity index (χ2n) is 5.43. The van der Waals surface area contributed by atoms with Gasteiger partial charge in [-0.3, -0.25) is 9.59 Å². The Bertz CT molecular complexity index is 797. The van der Waals surface area contributed by atoms with E-state index in [9.17, 15) is 14.0 Å². The van der Waals surface area contributed by atoms with Crippen LogP contribution in [0.25, 0.3) is 5.76 Å². The van der Waals surface area contributed by atoms with Gasteiger partial charge in [-0.1, -0.05) is 42.5 Å². The molecular formula is C19H16FNO3. The number of rotatable bonds is 3. The maximum Gasteiger partial charge on any atom is 0.258 e. The van der Waals surface area contributed by atoms with E-state index in [4.69, 9.17) is 4.74 Å². The van der Waals surface area contributed by atoms with Gasteiger partial charge in [0.05, 0.1) is 6.42 Å². The SMILES string of the molecule is CNC(=O)C1=C(c2ccccc2)OC(c2ccc(F)cc2)CC1=O. The van der Waals surface area contributed by atoms with Gasteiger partial charge in [-0.25, -0.2) is 4.39 Å². The summed E-state index contributed by atoms with van der Waals surface area (Å²) in [6.45, 7) is 0. The maximum absolute atomic E-state index is 13.1. The fourth-order valence-electron chi connectivity index (χ4n) is 2.66. The van der Waals surface area contributed by atoms with Crippen molar-refractivity contribution in [3.8, 4) is 0 Å². The Morgan fingerprint density at radius 1 is 1.12 bits per heavy atom. The summed E-state index contributed by atoms with van der Waals surface area (Å²) >= 11 is 0. The third-order valence-electron chi connectivity index (χ3n) is 3.87. The number of amides is 1. The predicted molar refractivity (Wildman–Crippen MR) is 87.3 cm³/mol. The summed E-state index contributed by atoms with van der Waals surface area (Å²) in [6.07, 6.45) is -0.522. The Labute approximate surface area is 138 Å². The first-order valence-electron chi connectivity index (χ1n) is 7.57. The number of likely N-dealkylation sites (N-methyl/N-ethyl adjacent to an activating group) is 1. The van der Waals surface area contributed by atoms with Gasteiger partial charge < -0.3 is 10.1 Å². The normalized spacial score (nSPS) is 17.4. The number of nitrogens with one attached hydrogen (secondary N) is 1. The van der Waals surface area contributed by atoms with Crippen LogP contribution < -0.4 is 5.32 Å². The molecule has 1 aliphatic rings. The average molecular weight is 325 g/mol. The molecule has 122 valence electrons. The molecule has 0 saturated carbocycles. The largest absolute Gasteiger partial charge is 0.484 e. The maximum atomic E-state index is 13.1. The molecule has 1 atom stereocenters. The lowest BCUT2D eigenvalue weighted by molar-refractivity contribution is -0.124. The summed E-state index contributed by atoms with van der Waals surface area (Å²) in [5.74, 6) is -0.878. The lowest BCUT2D eigenvalue weighted by Gasteiger charge is -2.27. The van der Waals surface area contributed by atoms with Crippen molar-refractivity contribution in [2.24, 2.45) is 0 Å². The van der Waals surface area contributed by atoms with Crippen LogP contribution in [0.3, 0.4) is 0 Å². The summed E-state index contributed by atoms with van der Waals surface area (Å²) in [7, 11) is 1.47. The summed E-state index contributed by atoms with van der Waals surface area (Å²) in [5, 5.41) is 2.48. The van der Waals surface area contributed by atoms with Gasteiger partial charge in [0.25, 0.3) is 5.91 Å². The third-order valence-corrected chi connectivity index (χ3v) is 3.87. The van der Waals surface area contributed by atoms with Crippen LogP contribution in [-0.4, -0.2) is 18.7 Å². The minimum absolute atomic E-state index is 0.0158. The van der Waals surface area contributed by atoms with Gasteiger partial charge in [0, 0.05) is 12.6 Å². The van der Waals surface area contributed by atoms with Gasteiger partial charge in [-0.2, -0.15) is 0 Å². The monoisotopic (exact) mass is 325 g/mol. The molecule has 1 amide bonds. The van der Waals surface area contributed by atoms with Crippen LogP contribution in [0.15, 0.2) is 60.2 Å². The molecule has 24 heavy (non-hydrogen) atoms. The summed E-state index contributed by atoms with van der Waals surface area (Å²) in [6, 6.07) is 14.8. The molecular weight excluding hydrogens is 309 g/mol. The van der Waals surface area contributed by atoms with Crippen LogP contribution in [0, 0.1) is 5.82 Å². The first-order chi connectivity index (χ1) is 11.6. The van der Waals surface area contributed by atoms with Crippen molar-refractivity contribution in [1.82, 2.24) is 5.32 Å². The van der Waals surface area contributed by atoms with Crippen molar-refractivity contribution >= 4 is 17.4 Å². The van der Waals surface area contributed by atoms with Crippen molar-refractivity contribution in [2.45, 2.75) is 12.5 Å². The highest BCUT2D eigenvalue weighted by Crippen LogP contribution is 2.36. The van der Waals surface area contributed by atoms with Crippen molar-refractivity contribution in [3.05, 3.63) is 77.1 Å². The van der Waals surface area contributed by atoms with E-state index in [-0.39, 0.29) is 29.4 Å². The fourth-order valence-corrected chi connectivity index (χ4v) is 2.66. The van der Waals surface area contributed by atoms with E-state index in [1.54, 1.807) is 36.4 Å². The molecule has 1 N–H and O–H groups in total. The van der Waals surface area contributed by atoms with Crippen molar-refractivity contribution < 1.29 is 18.7 Å². The van der Waals surface area contributed by atoms with E-state index < -0.39 is 12.0 Å². The van der Waals surface area contributed by atoms with Crippen LogP contribution in [-0.2, 0) is 14.3 Å². The van der Waals surface area contributed by atoms with E-state index in [1.807, 2.05) is 6.07 Å². The highest BCUT2D eigenvalue weighted by atomic mass is 19.1. The van der Waals surface area contributed by atoms with E-state index in [0.717, 1.165) is 0 Å². The first-order valence-corrected chi connectivity index (χ1v) is 7.57. The number of halogens is 1. The molecule has 2 aromatic rings. The van der Waals surface area contributed by atoms with E-state index in [1.165, 1.54) is 19.2 Å². The van der Waals surface area contributed by atoms with Gasteiger partial charge in [-0.15, -0.1) is 0 Å². The van der Waals surface area contributed by atoms with E-state index in [2.05, 4.69) is 5.32 Å². The molecule has 1 unspecified atom stereocenters. The molecule has 0 aromatic heterocycles. The van der Waals surface area contributed by atoms with Crippen LogP contribution >= 0.6 is 0 Å². The molecule has 5 heteroatoms. The molecule has 0 fully saturated rings. The second-order valence-corrected chi connectivity index (χ2v) is 5.43. The van der Waals surface area contributed by atoms with Crippen LogP contribution in [0.1, 0.15) is 23.7 Å². The number of ketones is 1. The number of hydrogen-bond donors (Lipinski definition) is 1. The quantitative estimate of drug-likeness (QED) is 0.883. The Morgan fingerprint density at radius 2 is 1.79 bits per heavy atom. The van der Waals surface area contributed by atoms with Crippen LogP contribution in [0.2, 0.25) is 0 Å². The highest BCUT2D eigenvalue weighted by molar-refractivity contribution is 6.24. The molecule has 0 saturated heterocycles. The van der Waals surface area contributed by atoms with Gasteiger partial charge >= 0.3 is 0 Å². The Morgan fingerprint density at radius 3 is 2.42 bits per heavy atom. The van der Waals surface area contributed by atoms with Crippen LogP contribution in [0.5, 0.6) is 0 Å². The van der Waals surface area contributed by atoms with Crippen molar-refractivity contribution in [1.29, 1.82) is 0 Å². The van der Waals surface area contributed by atoms with Gasteiger partial charge in [0.15, 0.2) is 5.78 Å². The molecule has 1 heterocycles. The topological polar surface area (TPSA) is 55.4 Å². The highest BCUT2D eigenvalue weighted by Gasteiger charge is 2.34. The van der Waals surface area contributed by atoms with Gasteiger partial charge in [-0.05, 0) is 17.7 Å². The lowest BCUT2D eigenvalue weighted by Crippen LogP contribution is -2.31. The summed E-state index contributed by atoms with van der Waals surface area (Å²) in [5.41, 5.74) is 1.35. The number of carbonyl (C=O) groups is 2. The van der Waals surface area contributed by atoms with Crippen LogP contribution in [0.4, 0.5) is 4.39 Å². The Kier molecular flexibility index (Phi) is 4.42. The van der Waals surface area contributed by atoms with Gasteiger partial charge in [0.1, 0.15) is 23.3 Å². The minimum atomic E-state index is -0.554. The Balaban J connectivity index is 2.05. The number of ether oxygens (including phenoxy) is 1. The molecule has 0 radical (unpaired) electrons. The number of Topliss-reactive ketones (excluding diaryl/α,β-unsaturated/α-hetero) is 1. The lowest BCUT2D eigenvalue weighted by atomic mass is 9.93. The molecule has 1 aliphatic heterocycles. The number of hydrogen-bond acceptors (Lipinski definition) is 3. The average Bonchev–Trinajstić information content (AvgIpc) is 2.62. The molecule has 0 spiro atoms. The number of carbonyl (C=O) groups excluding carboxylic acids is 2. The zero-order valence-corrected chi connectivity index (χ0v) is 13.1. The fraction of sp³-hybridized carbons (Fsp3) is 0.158. The minimum Gasteiger partial charge on any atom is -0.484 e. The van der Waals surface area contributed by atoms with E-state index in [0.29, 0.717) is 11.1 Å². The summed E-state index contributed by atoms with van der Waals surface area (Å²) < 4.78 is 19.1. The third kappa shape index (κ3) is 3.06. The molecule has 4 nitrogen and oxygen atoms in total. The zero-order chi connectivity index (χ0) is 17.1. The summed E-state index contributed by atoms with van der Waals surface area (Å²) in [4.78, 5) is 24.7. The first kappa shape index (κ1) is 15.9. The smallest absolute Gasteiger partial charge is 0.258 e. The standard InChI is InChI=1S/C19H16FNO3/c1-21-19(23)17-15(22)11-16(12-7-9-14(20)10-8-12)24-18(17)13-5-3-2-4-6-13/h2-10,16H,11H2,1H3,(H,21,23). The predicted octanol–water partition coefficient (Wildman–Crippen LogP) is 3.01. The molecule has 2 aromatic carbocycles. The van der Waals surface area contributed by atoms with Crippen molar-refractivity contribution in [3.63, 3.8) is 0 Å².